The Morgan fingerprint density at radius 3 is 2.64 bits per heavy atom. The number of nitrogens with two attached hydrogens (primary N) is 1. The van der Waals surface area contributed by atoms with Gasteiger partial charge in [0.25, 0.3) is 0 Å². The highest BCUT2D eigenvalue weighted by molar-refractivity contribution is 5.25. The van der Waals surface area contributed by atoms with Crippen molar-refractivity contribution in [3.8, 4) is 0 Å². The largest absolute Gasteiger partial charge is 0.370 e. The Morgan fingerprint density at radius 2 is 1.92 bits per heavy atom. The van der Waals surface area contributed by atoms with E-state index in [-0.39, 0.29) is 11.6 Å². The lowest BCUT2D eigenvalue weighted by Crippen LogP contribution is -2.47. The van der Waals surface area contributed by atoms with Crippen LogP contribution in [0.2, 0.25) is 0 Å². The van der Waals surface area contributed by atoms with Gasteiger partial charge in [0.05, 0.1) is 18.5 Å². The number of rotatable bonds is 2. The standard InChI is InChI=1S/C17H19F3N4O/c1-23-16-7-24(6-9(16)5-22-23)10-2-15(21)17(25-8-10)11-3-13(19)14(20)4-12(11)18/h3-5,10,15,17H,2,6-8,21H2,1H3/t10-,15-,17?/m0/s1. The third-order valence-corrected chi connectivity index (χ3v) is 5.14. The van der Waals surface area contributed by atoms with Gasteiger partial charge in [0.1, 0.15) is 11.9 Å². The number of nitrogens with zero attached hydrogens (tertiary/aromatic N) is 3. The van der Waals surface area contributed by atoms with E-state index in [1.807, 2.05) is 17.9 Å². The lowest BCUT2D eigenvalue weighted by atomic mass is 9.93. The highest BCUT2D eigenvalue weighted by atomic mass is 19.2. The van der Waals surface area contributed by atoms with Gasteiger partial charge in [0, 0.05) is 49.4 Å². The molecule has 0 amide bonds. The number of aryl methyl sites for hydroxylation is 1. The fraction of sp³-hybridized carbons (Fsp3) is 0.471. The second-order valence-electron chi connectivity index (χ2n) is 6.74. The molecule has 5 nitrogen and oxygen atoms in total. The van der Waals surface area contributed by atoms with E-state index < -0.39 is 29.6 Å². The predicted octanol–water partition coefficient (Wildman–Crippen LogP) is 2.01. The monoisotopic (exact) mass is 352 g/mol. The van der Waals surface area contributed by atoms with Gasteiger partial charge in [-0.25, -0.2) is 13.2 Å². The molecule has 8 heteroatoms. The minimum absolute atomic E-state index is 0.0289. The molecule has 3 atom stereocenters. The maximum atomic E-state index is 14.0. The lowest BCUT2D eigenvalue weighted by Gasteiger charge is -2.38. The first-order valence-electron chi connectivity index (χ1n) is 8.19. The SMILES string of the molecule is Cn1ncc2c1CN([C@@H]1COC(c3cc(F)c(F)cc3F)[C@@H](N)C1)C2. The zero-order valence-electron chi connectivity index (χ0n) is 13.8. The second-order valence-corrected chi connectivity index (χ2v) is 6.74. The number of aromatic nitrogens is 2. The van der Waals surface area contributed by atoms with Gasteiger partial charge in [-0.1, -0.05) is 0 Å². The van der Waals surface area contributed by atoms with Gasteiger partial charge in [-0.15, -0.1) is 0 Å². The summed E-state index contributed by atoms with van der Waals surface area (Å²) < 4.78 is 48.2. The number of hydrogen-bond donors (Lipinski definition) is 1. The molecular weight excluding hydrogens is 333 g/mol. The van der Waals surface area contributed by atoms with Gasteiger partial charge in [0.2, 0.25) is 0 Å². The van der Waals surface area contributed by atoms with Gasteiger partial charge in [0.15, 0.2) is 11.6 Å². The normalized spacial score (nSPS) is 26.8. The molecule has 2 aliphatic heterocycles. The molecule has 0 aliphatic carbocycles. The molecule has 0 radical (unpaired) electrons. The number of hydrogen-bond acceptors (Lipinski definition) is 4. The Morgan fingerprint density at radius 1 is 1.16 bits per heavy atom. The van der Waals surface area contributed by atoms with Gasteiger partial charge in [-0.05, 0) is 12.5 Å². The number of halogens is 3. The molecule has 1 fully saturated rings. The smallest absolute Gasteiger partial charge is 0.161 e. The quantitative estimate of drug-likeness (QED) is 0.840. The molecule has 134 valence electrons. The second kappa shape index (κ2) is 6.12. The fourth-order valence-electron chi connectivity index (χ4n) is 3.74. The summed E-state index contributed by atoms with van der Waals surface area (Å²) in [5, 5.41) is 4.24. The molecule has 0 spiro atoms. The number of benzene rings is 1. The van der Waals surface area contributed by atoms with Crippen molar-refractivity contribution in [2.75, 3.05) is 6.61 Å². The minimum atomic E-state index is -1.22. The zero-order chi connectivity index (χ0) is 17.7. The summed E-state index contributed by atoms with van der Waals surface area (Å²) in [6, 6.07) is 0.969. The van der Waals surface area contributed by atoms with Gasteiger partial charge < -0.3 is 10.5 Å². The van der Waals surface area contributed by atoms with Crippen molar-refractivity contribution in [3.05, 3.63) is 52.6 Å². The molecule has 4 rings (SSSR count). The van der Waals surface area contributed by atoms with E-state index in [0.717, 1.165) is 19.2 Å². The third-order valence-electron chi connectivity index (χ3n) is 5.14. The van der Waals surface area contributed by atoms with E-state index in [9.17, 15) is 13.2 Å². The third kappa shape index (κ3) is 2.84. The van der Waals surface area contributed by atoms with Crippen LogP contribution in [0.5, 0.6) is 0 Å². The highest BCUT2D eigenvalue weighted by Crippen LogP contribution is 2.34. The summed E-state index contributed by atoms with van der Waals surface area (Å²) in [5.41, 5.74) is 8.51. The average Bonchev–Trinajstić information content (AvgIpc) is 3.14. The van der Waals surface area contributed by atoms with Crippen molar-refractivity contribution in [1.82, 2.24) is 14.7 Å². The lowest BCUT2D eigenvalue weighted by molar-refractivity contribution is -0.0534. The van der Waals surface area contributed by atoms with Crippen molar-refractivity contribution < 1.29 is 17.9 Å². The van der Waals surface area contributed by atoms with Crippen molar-refractivity contribution in [3.63, 3.8) is 0 Å². The number of ether oxygens (including phenoxy) is 1. The van der Waals surface area contributed by atoms with Crippen LogP contribution in [-0.4, -0.2) is 33.4 Å². The maximum absolute atomic E-state index is 14.0. The summed E-state index contributed by atoms with van der Waals surface area (Å²) in [6.07, 6.45) is 1.67. The molecule has 0 saturated carbocycles. The molecule has 1 unspecified atom stereocenters. The molecule has 2 aromatic rings. The van der Waals surface area contributed by atoms with E-state index in [2.05, 4.69) is 10.00 Å². The molecule has 1 aromatic heterocycles. The Hall–Kier alpha value is -1.90. The van der Waals surface area contributed by atoms with Crippen LogP contribution in [0, 0.1) is 17.5 Å². The molecular formula is C17H19F3N4O. The summed E-state index contributed by atoms with van der Waals surface area (Å²) in [7, 11) is 1.91. The molecule has 2 aliphatic rings. The summed E-state index contributed by atoms with van der Waals surface area (Å²) >= 11 is 0. The van der Waals surface area contributed by atoms with Crippen LogP contribution < -0.4 is 5.73 Å². The minimum Gasteiger partial charge on any atom is -0.370 e. The first kappa shape index (κ1) is 16.6. The van der Waals surface area contributed by atoms with Crippen LogP contribution >= 0.6 is 0 Å². The van der Waals surface area contributed by atoms with Crippen molar-refractivity contribution in [1.29, 1.82) is 0 Å². The molecule has 25 heavy (non-hydrogen) atoms. The maximum Gasteiger partial charge on any atom is 0.161 e. The van der Waals surface area contributed by atoms with E-state index in [1.54, 1.807) is 0 Å². The Kier molecular flexibility index (Phi) is 4.05. The van der Waals surface area contributed by atoms with E-state index >= 15 is 0 Å². The van der Waals surface area contributed by atoms with Crippen molar-refractivity contribution in [2.45, 2.75) is 37.7 Å². The zero-order valence-corrected chi connectivity index (χ0v) is 13.8. The fourth-order valence-corrected chi connectivity index (χ4v) is 3.74. The van der Waals surface area contributed by atoms with Crippen LogP contribution in [0.25, 0.3) is 0 Å². The van der Waals surface area contributed by atoms with Gasteiger partial charge in [-0.2, -0.15) is 5.10 Å². The van der Waals surface area contributed by atoms with Crippen molar-refractivity contribution >= 4 is 0 Å². The van der Waals surface area contributed by atoms with Crippen LogP contribution in [0.4, 0.5) is 13.2 Å². The average molecular weight is 352 g/mol. The van der Waals surface area contributed by atoms with Gasteiger partial charge in [-0.3, -0.25) is 9.58 Å². The topological polar surface area (TPSA) is 56.3 Å². The summed E-state index contributed by atoms with van der Waals surface area (Å²) in [4.78, 5) is 2.25. The van der Waals surface area contributed by atoms with Crippen LogP contribution in [0.15, 0.2) is 18.3 Å². The summed E-state index contributed by atoms with van der Waals surface area (Å²) in [6.45, 7) is 1.89. The first-order valence-corrected chi connectivity index (χ1v) is 8.19. The van der Waals surface area contributed by atoms with E-state index in [4.69, 9.17) is 10.5 Å². The first-order chi connectivity index (χ1) is 11.9. The predicted molar refractivity (Wildman–Crippen MR) is 83.8 cm³/mol. The Bertz CT molecular complexity index is 809. The molecule has 1 saturated heterocycles. The molecule has 2 N–H and O–H groups in total. The van der Waals surface area contributed by atoms with E-state index in [0.29, 0.717) is 19.1 Å². The molecule has 1 aromatic carbocycles. The van der Waals surface area contributed by atoms with E-state index in [1.165, 1.54) is 11.3 Å². The van der Waals surface area contributed by atoms with Gasteiger partial charge >= 0.3 is 0 Å². The van der Waals surface area contributed by atoms with Crippen molar-refractivity contribution in [2.24, 2.45) is 12.8 Å². The highest BCUT2D eigenvalue weighted by Gasteiger charge is 2.37. The molecule has 0 bridgehead atoms. The Labute approximate surface area is 143 Å². The Balaban J connectivity index is 1.47. The summed E-state index contributed by atoms with van der Waals surface area (Å²) in [5.74, 6) is -3.15. The van der Waals surface area contributed by atoms with Crippen LogP contribution in [0.1, 0.15) is 29.3 Å². The number of fused-ring (bicyclic) bond motifs is 1. The van der Waals surface area contributed by atoms with Crippen LogP contribution in [-0.2, 0) is 24.9 Å². The molecule has 3 heterocycles. The van der Waals surface area contributed by atoms with Crippen LogP contribution in [0.3, 0.4) is 0 Å².